The summed E-state index contributed by atoms with van der Waals surface area (Å²) in [6.45, 7) is 13.5. The van der Waals surface area contributed by atoms with Gasteiger partial charge in [0.15, 0.2) is 0 Å². The number of aromatic hydroxyl groups is 1. The number of benzene rings is 1. The molecule has 3 rings (SSSR count). The van der Waals surface area contributed by atoms with Crippen molar-refractivity contribution in [1.29, 1.82) is 0 Å². The van der Waals surface area contributed by atoms with Gasteiger partial charge in [0.05, 0.1) is 4.88 Å². The third kappa shape index (κ3) is 4.18. The average molecular weight is 347 g/mol. The summed E-state index contributed by atoms with van der Waals surface area (Å²) < 4.78 is 0. The lowest BCUT2D eigenvalue weighted by molar-refractivity contribution is -1.02. The van der Waals surface area contributed by atoms with E-state index < -0.39 is 0 Å². The Kier molecular flexibility index (Phi) is 5.59. The van der Waals surface area contributed by atoms with Crippen molar-refractivity contribution in [2.45, 2.75) is 39.8 Å². The number of phenols is 1. The van der Waals surface area contributed by atoms with Crippen molar-refractivity contribution in [2.75, 3.05) is 26.2 Å². The average Bonchev–Trinajstić information content (AvgIpc) is 3.04. The summed E-state index contributed by atoms with van der Waals surface area (Å²) in [5.41, 5.74) is 3.68. The second kappa shape index (κ2) is 7.68. The molecule has 0 amide bonds. The maximum Gasteiger partial charge on any atom is 0.127 e. The van der Waals surface area contributed by atoms with Gasteiger partial charge in [-0.3, -0.25) is 0 Å². The Balaban J connectivity index is 1.59. The van der Waals surface area contributed by atoms with Crippen LogP contribution < -0.4 is 9.80 Å². The topological polar surface area (TPSA) is 29.1 Å². The summed E-state index contributed by atoms with van der Waals surface area (Å²) in [6.07, 6.45) is 0. The van der Waals surface area contributed by atoms with Gasteiger partial charge in [-0.25, -0.2) is 0 Å². The molecule has 3 N–H and O–H groups in total. The molecule has 0 atom stereocenters. The molecule has 1 aromatic heterocycles. The summed E-state index contributed by atoms with van der Waals surface area (Å²) in [5.74, 6) is 0.976. The monoisotopic (exact) mass is 346 g/mol. The van der Waals surface area contributed by atoms with Crippen molar-refractivity contribution in [3.05, 3.63) is 51.2 Å². The number of thiophene rings is 1. The number of nitrogens with one attached hydrogen (secondary N) is 2. The Hall–Kier alpha value is -1.36. The maximum absolute atomic E-state index is 10.3. The second-order valence-corrected chi connectivity index (χ2v) is 8.46. The summed E-state index contributed by atoms with van der Waals surface area (Å²) >= 11 is 1.87. The number of rotatable bonds is 5. The van der Waals surface area contributed by atoms with Crippen LogP contribution in [0.15, 0.2) is 29.6 Å². The fraction of sp³-hybridized carbons (Fsp3) is 0.500. The lowest BCUT2D eigenvalue weighted by atomic mass is 9.95. The minimum Gasteiger partial charge on any atom is -0.507 e. The van der Waals surface area contributed by atoms with E-state index in [0.717, 1.165) is 18.7 Å². The molecule has 0 unspecified atom stereocenters. The van der Waals surface area contributed by atoms with E-state index in [0.29, 0.717) is 11.7 Å². The molecule has 2 aromatic rings. The highest BCUT2D eigenvalue weighted by Gasteiger charge is 2.24. The summed E-state index contributed by atoms with van der Waals surface area (Å²) in [6, 6.07) is 8.57. The molecule has 0 radical (unpaired) electrons. The highest BCUT2D eigenvalue weighted by atomic mass is 32.1. The lowest BCUT2D eigenvalue weighted by Crippen LogP contribution is -3.27. The van der Waals surface area contributed by atoms with E-state index in [4.69, 9.17) is 0 Å². The molecular weight excluding hydrogens is 316 g/mol. The molecule has 1 aromatic carbocycles. The number of aryl methyl sites for hydroxylation is 1. The SMILES string of the molecule is Cc1cc(O)c(C[NH+]2CC[NH+](Cc3cccs3)CC2)cc1C(C)C. The van der Waals surface area contributed by atoms with Gasteiger partial charge in [0.2, 0.25) is 0 Å². The third-order valence-corrected chi connectivity index (χ3v) is 6.07. The molecule has 2 heterocycles. The molecule has 3 nitrogen and oxygen atoms in total. The van der Waals surface area contributed by atoms with Crippen LogP contribution in [0.5, 0.6) is 5.75 Å². The molecule has 0 saturated carbocycles. The molecule has 1 saturated heterocycles. The fourth-order valence-corrected chi connectivity index (χ4v) is 4.54. The number of piperazine rings is 1. The Morgan fingerprint density at radius 3 is 2.33 bits per heavy atom. The third-order valence-electron chi connectivity index (χ3n) is 5.20. The number of hydrogen-bond donors (Lipinski definition) is 3. The van der Waals surface area contributed by atoms with Gasteiger partial charge in [0, 0.05) is 5.56 Å². The van der Waals surface area contributed by atoms with Crippen LogP contribution in [0.3, 0.4) is 0 Å². The smallest absolute Gasteiger partial charge is 0.127 e. The molecule has 0 bridgehead atoms. The molecule has 1 fully saturated rings. The summed E-state index contributed by atoms with van der Waals surface area (Å²) in [7, 11) is 0. The van der Waals surface area contributed by atoms with E-state index in [1.54, 1.807) is 9.80 Å². The van der Waals surface area contributed by atoms with E-state index >= 15 is 0 Å². The van der Waals surface area contributed by atoms with E-state index in [2.05, 4.69) is 44.4 Å². The first-order chi connectivity index (χ1) is 11.5. The Bertz CT molecular complexity index is 659. The number of phenolic OH excluding ortho intramolecular Hbond substituents is 1. The molecule has 1 aliphatic rings. The highest BCUT2D eigenvalue weighted by Crippen LogP contribution is 2.26. The van der Waals surface area contributed by atoms with Gasteiger partial charge in [-0.05, 0) is 47.5 Å². The zero-order chi connectivity index (χ0) is 17.1. The molecule has 0 aliphatic carbocycles. The van der Waals surface area contributed by atoms with Crippen molar-refractivity contribution in [2.24, 2.45) is 0 Å². The van der Waals surface area contributed by atoms with Crippen LogP contribution in [0.1, 0.15) is 41.3 Å². The predicted octanol–water partition coefficient (Wildman–Crippen LogP) is 1.37. The van der Waals surface area contributed by atoms with Crippen molar-refractivity contribution >= 4 is 11.3 Å². The van der Waals surface area contributed by atoms with Gasteiger partial charge in [0.1, 0.15) is 45.0 Å². The van der Waals surface area contributed by atoms with Gasteiger partial charge in [0.25, 0.3) is 0 Å². The minimum absolute atomic E-state index is 0.470. The second-order valence-electron chi connectivity index (χ2n) is 7.43. The Morgan fingerprint density at radius 1 is 1.08 bits per heavy atom. The standard InChI is InChI=1S/C20H28N2OS/c1-15(2)19-12-17(20(23)11-16(19)3)13-21-6-8-22(9-7-21)14-18-5-4-10-24-18/h4-5,10-12,15,23H,6-9,13-14H2,1-3H3/p+2. The van der Waals surface area contributed by atoms with Gasteiger partial charge in [-0.15, -0.1) is 11.3 Å². The van der Waals surface area contributed by atoms with Gasteiger partial charge in [-0.1, -0.05) is 19.9 Å². The van der Waals surface area contributed by atoms with Crippen molar-refractivity contribution in [3.63, 3.8) is 0 Å². The van der Waals surface area contributed by atoms with Crippen molar-refractivity contribution in [3.8, 4) is 5.75 Å². The Labute approximate surface area is 149 Å². The van der Waals surface area contributed by atoms with Crippen molar-refractivity contribution < 1.29 is 14.9 Å². The van der Waals surface area contributed by atoms with E-state index in [1.165, 1.54) is 42.2 Å². The summed E-state index contributed by atoms with van der Waals surface area (Å²) in [4.78, 5) is 4.78. The predicted molar refractivity (Wildman–Crippen MR) is 100 cm³/mol. The zero-order valence-corrected chi connectivity index (χ0v) is 15.9. The molecule has 4 heteroatoms. The van der Waals surface area contributed by atoms with Gasteiger partial charge < -0.3 is 14.9 Å². The molecule has 24 heavy (non-hydrogen) atoms. The zero-order valence-electron chi connectivity index (χ0n) is 15.1. The Morgan fingerprint density at radius 2 is 1.75 bits per heavy atom. The van der Waals surface area contributed by atoms with Crippen LogP contribution in [0, 0.1) is 6.92 Å². The van der Waals surface area contributed by atoms with Gasteiger partial charge >= 0.3 is 0 Å². The number of hydrogen-bond acceptors (Lipinski definition) is 2. The van der Waals surface area contributed by atoms with Crippen molar-refractivity contribution in [1.82, 2.24) is 0 Å². The summed E-state index contributed by atoms with van der Waals surface area (Å²) in [5, 5.41) is 12.5. The first-order valence-electron chi connectivity index (χ1n) is 9.05. The number of quaternary nitrogens is 2. The lowest BCUT2D eigenvalue weighted by Gasteiger charge is -2.30. The molecule has 130 valence electrons. The maximum atomic E-state index is 10.3. The van der Waals surface area contributed by atoms with Gasteiger partial charge in [-0.2, -0.15) is 0 Å². The van der Waals surface area contributed by atoms with Crippen LogP contribution in [0.2, 0.25) is 0 Å². The minimum atomic E-state index is 0.470. The first-order valence-corrected chi connectivity index (χ1v) is 9.92. The largest absolute Gasteiger partial charge is 0.507 e. The normalized spacial score (nSPS) is 21.3. The van der Waals surface area contributed by atoms with Crippen LogP contribution in [-0.4, -0.2) is 31.3 Å². The van der Waals surface area contributed by atoms with E-state index in [9.17, 15) is 5.11 Å². The van der Waals surface area contributed by atoms with E-state index in [-0.39, 0.29) is 0 Å². The van der Waals surface area contributed by atoms with E-state index in [1.807, 2.05) is 17.4 Å². The highest BCUT2D eigenvalue weighted by molar-refractivity contribution is 7.09. The molecule has 0 spiro atoms. The quantitative estimate of drug-likeness (QED) is 0.750. The first kappa shape index (κ1) is 17.5. The van der Waals surface area contributed by atoms with Crippen LogP contribution in [0.4, 0.5) is 0 Å². The van der Waals surface area contributed by atoms with Crippen LogP contribution in [-0.2, 0) is 13.1 Å². The molecule has 1 aliphatic heterocycles. The fourth-order valence-electron chi connectivity index (χ4n) is 3.76. The van der Waals surface area contributed by atoms with Crippen LogP contribution in [0.25, 0.3) is 0 Å². The van der Waals surface area contributed by atoms with Crippen LogP contribution >= 0.6 is 11.3 Å². The molecular formula is C20H30N2OS+2.